The summed E-state index contributed by atoms with van der Waals surface area (Å²) < 4.78 is 12.0. The number of carboxylic acids is 1. The Morgan fingerprint density at radius 1 is 1.12 bits per heavy atom. The molecule has 1 amide bonds. The van der Waals surface area contributed by atoms with Crippen LogP contribution in [-0.2, 0) is 24.5 Å². The number of nitrogens with zero attached hydrogens (tertiary/aromatic N) is 2. The zero-order valence-electron chi connectivity index (χ0n) is 19.1. The Morgan fingerprint density at radius 3 is 2.44 bits per heavy atom. The number of fused-ring (bicyclic) bond motifs is 1. The molecule has 32 heavy (non-hydrogen) atoms. The van der Waals surface area contributed by atoms with Crippen molar-refractivity contribution in [2.45, 2.75) is 89.0 Å². The first-order chi connectivity index (χ1) is 15.2. The lowest BCUT2D eigenvalue weighted by molar-refractivity contribution is -0.140. The Balaban J connectivity index is 1.34. The average Bonchev–Trinajstić information content (AvgIpc) is 3.40. The first-order valence-corrected chi connectivity index (χ1v) is 11.5. The van der Waals surface area contributed by atoms with E-state index >= 15 is 0 Å². The van der Waals surface area contributed by atoms with E-state index in [1.165, 1.54) is 0 Å². The van der Waals surface area contributed by atoms with Gasteiger partial charge in [-0.05, 0) is 24.3 Å². The van der Waals surface area contributed by atoms with Gasteiger partial charge >= 0.3 is 5.97 Å². The summed E-state index contributed by atoms with van der Waals surface area (Å²) in [5.41, 5.74) is 0.445. The van der Waals surface area contributed by atoms with Crippen molar-refractivity contribution in [1.29, 1.82) is 0 Å². The summed E-state index contributed by atoms with van der Waals surface area (Å²) in [6, 6.07) is 1.56. The van der Waals surface area contributed by atoms with Crippen LogP contribution in [0.3, 0.4) is 0 Å². The van der Waals surface area contributed by atoms with Crippen molar-refractivity contribution < 1.29 is 24.2 Å². The molecule has 1 aliphatic carbocycles. The number of aromatic nitrogens is 2. The number of carboxylic acid groups (broad SMARTS) is 1. The topological polar surface area (TPSA) is 123 Å². The fraction of sp³-hybridized carbons (Fsp3) is 0.739. The van der Waals surface area contributed by atoms with Gasteiger partial charge in [-0.2, -0.15) is 0 Å². The average molecular weight is 447 g/mol. The molecule has 2 aliphatic heterocycles. The number of ether oxygens (including phenoxy) is 2. The molecule has 0 bridgehead atoms. The van der Waals surface area contributed by atoms with Crippen LogP contribution in [0.15, 0.2) is 12.3 Å². The molecule has 3 fully saturated rings. The first kappa shape index (κ1) is 22.9. The third kappa shape index (κ3) is 5.04. The third-order valence-corrected chi connectivity index (χ3v) is 6.86. The monoisotopic (exact) mass is 446 g/mol. The minimum Gasteiger partial charge on any atom is -0.481 e. The van der Waals surface area contributed by atoms with Crippen LogP contribution in [0, 0.1) is 5.41 Å². The van der Waals surface area contributed by atoms with Crippen molar-refractivity contribution in [2.75, 3.05) is 18.5 Å². The van der Waals surface area contributed by atoms with Gasteiger partial charge in [-0.3, -0.25) is 9.59 Å². The fourth-order valence-corrected chi connectivity index (χ4v) is 5.22. The van der Waals surface area contributed by atoms with Crippen LogP contribution in [0.5, 0.6) is 0 Å². The molecule has 3 heterocycles. The molecular formula is C23H34N4O5. The van der Waals surface area contributed by atoms with Crippen molar-refractivity contribution in [3.05, 3.63) is 18.0 Å². The lowest BCUT2D eigenvalue weighted by atomic mass is 9.79. The SMILES string of the molecule is CC(C)(C)c1ccnc(NC2COC3C(NC(=O)CC4(CC(=O)O)CCCC4)COC23)n1. The zero-order valence-corrected chi connectivity index (χ0v) is 19.1. The van der Waals surface area contributed by atoms with Gasteiger partial charge in [-0.15, -0.1) is 0 Å². The second-order valence-electron chi connectivity index (χ2n) is 10.5. The van der Waals surface area contributed by atoms with Crippen molar-refractivity contribution >= 4 is 17.8 Å². The second-order valence-corrected chi connectivity index (χ2v) is 10.5. The van der Waals surface area contributed by atoms with Gasteiger partial charge in [0, 0.05) is 18.0 Å². The predicted molar refractivity (Wildman–Crippen MR) is 117 cm³/mol. The van der Waals surface area contributed by atoms with Crippen LogP contribution in [0.1, 0.15) is 65.0 Å². The molecule has 2 saturated heterocycles. The molecule has 0 spiro atoms. The van der Waals surface area contributed by atoms with E-state index in [0.717, 1.165) is 31.4 Å². The standard InChI is InChI=1S/C23H34N4O5/c1-22(2,3)16-6-9-24-21(27-16)26-15-13-32-19-14(12-31-20(15)19)25-17(28)10-23(11-18(29)30)7-4-5-8-23/h6,9,14-15,19-20H,4-5,7-8,10-13H2,1-3H3,(H,25,28)(H,29,30)(H,24,26,27). The Labute approximate surface area is 188 Å². The molecule has 9 nitrogen and oxygen atoms in total. The number of aliphatic carboxylic acids is 1. The lowest BCUT2D eigenvalue weighted by Gasteiger charge is -2.27. The van der Waals surface area contributed by atoms with E-state index in [1.807, 2.05) is 6.07 Å². The van der Waals surface area contributed by atoms with E-state index < -0.39 is 11.4 Å². The number of carbonyl (C=O) groups excluding carboxylic acids is 1. The molecular weight excluding hydrogens is 412 g/mol. The number of rotatable bonds is 7. The smallest absolute Gasteiger partial charge is 0.303 e. The van der Waals surface area contributed by atoms with Crippen LogP contribution in [0.2, 0.25) is 0 Å². The molecule has 9 heteroatoms. The van der Waals surface area contributed by atoms with Gasteiger partial charge in [0.2, 0.25) is 11.9 Å². The minimum atomic E-state index is -0.838. The highest BCUT2D eigenvalue weighted by molar-refractivity contribution is 5.78. The Kier molecular flexibility index (Phi) is 6.40. The molecule has 4 atom stereocenters. The van der Waals surface area contributed by atoms with E-state index in [9.17, 15) is 14.7 Å². The van der Waals surface area contributed by atoms with Crippen LogP contribution >= 0.6 is 0 Å². The van der Waals surface area contributed by atoms with Crippen molar-refractivity contribution in [2.24, 2.45) is 5.41 Å². The maximum atomic E-state index is 12.8. The van der Waals surface area contributed by atoms with Crippen LogP contribution in [0.25, 0.3) is 0 Å². The highest BCUT2D eigenvalue weighted by atomic mass is 16.6. The highest BCUT2D eigenvalue weighted by Gasteiger charge is 2.49. The van der Waals surface area contributed by atoms with E-state index in [0.29, 0.717) is 19.2 Å². The molecule has 0 aromatic carbocycles. The minimum absolute atomic E-state index is 0.0454. The Bertz CT molecular complexity index is 849. The summed E-state index contributed by atoms with van der Waals surface area (Å²) in [5, 5.41) is 15.7. The van der Waals surface area contributed by atoms with Gasteiger partial charge in [0.25, 0.3) is 0 Å². The quantitative estimate of drug-likeness (QED) is 0.583. The van der Waals surface area contributed by atoms with E-state index in [1.54, 1.807) is 6.20 Å². The van der Waals surface area contributed by atoms with Crippen molar-refractivity contribution in [1.82, 2.24) is 15.3 Å². The molecule has 176 valence electrons. The maximum Gasteiger partial charge on any atom is 0.303 e. The van der Waals surface area contributed by atoms with Crippen LogP contribution < -0.4 is 10.6 Å². The first-order valence-electron chi connectivity index (χ1n) is 11.5. The molecule has 1 aromatic rings. The van der Waals surface area contributed by atoms with Crippen molar-refractivity contribution in [3.63, 3.8) is 0 Å². The van der Waals surface area contributed by atoms with Gasteiger partial charge in [-0.25, -0.2) is 9.97 Å². The molecule has 1 aromatic heterocycles. The van der Waals surface area contributed by atoms with Crippen LogP contribution in [-0.4, -0.2) is 64.5 Å². The molecule has 4 rings (SSSR count). The van der Waals surface area contributed by atoms with Gasteiger partial charge < -0.3 is 25.2 Å². The van der Waals surface area contributed by atoms with Crippen LogP contribution in [0.4, 0.5) is 5.95 Å². The van der Waals surface area contributed by atoms with Gasteiger partial charge in [-0.1, -0.05) is 33.6 Å². The summed E-state index contributed by atoms with van der Waals surface area (Å²) in [7, 11) is 0. The lowest BCUT2D eigenvalue weighted by Crippen LogP contribution is -2.46. The van der Waals surface area contributed by atoms with E-state index in [-0.39, 0.29) is 48.5 Å². The van der Waals surface area contributed by atoms with Crippen molar-refractivity contribution in [3.8, 4) is 0 Å². The molecule has 1 saturated carbocycles. The van der Waals surface area contributed by atoms with Gasteiger partial charge in [0.05, 0.1) is 37.4 Å². The Hall–Kier alpha value is -2.26. The number of nitrogens with one attached hydrogen (secondary N) is 2. The number of anilines is 1. The number of hydrogen-bond donors (Lipinski definition) is 3. The molecule has 3 N–H and O–H groups in total. The van der Waals surface area contributed by atoms with E-state index in [4.69, 9.17) is 9.47 Å². The van der Waals surface area contributed by atoms with E-state index in [2.05, 4.69) is 41.4 Å². The summed E-state index contributed by atoms with van der Waals surface area (Å²) in [4.78, 5) is 33.1. The van der Waals surface area contributed by atoms with Gasteiger partial charge in [0.15, 0.2) is 0 Å². The highest BCUT2D eigenvalue weighted by Crippen LogP contribution is 2.44. The summed E-state index contributed by atoms with van der Waals surface area (Å²) in [6.07, 6.45) is 5.11. The molecule has 0 radical (unpaired) electrons. The summed E-state index contributed by atoms with van der Waals surface area (Å²) in [5.74, 6) is -0.419. The normalized spacial score (nSPS) is 29.0. The maximum absolute atomic E-state index is 12.8. The number of amides is 1. The zero-order chi connectivity index (χ0) is 22.9. The molecule has 4 unspecified atom stereocenters. The summed E-state index contributed by atoms with van der Waals surface area (Å²) in [6.45, 7) is 7.12. The largest absolute Gasteiger partial charge is 0.481 e. The third-order valence-electron chi connectivity index (χ3n) is 6.86. The summed E-state index contributed by atoms with van der Waals surface area (Å²) >= 11 is 0. The number of carbonyl (C=O) groups is 2. The predicted octanol–water partition coefficient (Wildman–Crippen LogP) is 2.26. The second kappa shape index (κ2) is 8.94. The molecule has 3 aliphatic rings. The Morgan fingerprint density at radius 2 is 1.78 bits per heavy atom. The number of hydrogen-bond acceptors (Lipinski definition) is 7. The fourth-order valence-electron chi connectivity index (χ4n) is 5.22. The van der Waals surface area contributed by atoms with Gasteiger partial charge in [0.1, 0.15) is 12.2 Å².